The van der Waals surface area contributed by atoms with Gasteiger partial charge >= 0.3 is 0 Å². The van der Waals surface area contributed by atoms with E-state index in [4.69, 9.17) is 4.42 Å². The summed E-state index contributed by atoms with van der Waals surface area (Å²) in [7, 11) is 0. The third kappa shape index (κ3) is 4.46. The second kappa shape index (κ2) is 12.2. The zero-order valence-electron chi connectivity index (χ0n) is 31.1. The average Bonchev–Trinajstić information content (AvgIpc) is 3.98. The van der Waals surface area contributed by atoms with E-state index in [9.17, 15) is 0 Å². The van der Waals surface area contributed by atoms with Crippen LogP contribution in [0.25, 0.3) is 32.7 Å². The molecule has 8 aromatic carbocycles. The van der Waals surface area contributed by atoms with Crippen LogP contribution in [-0.2, 0) is 18.3 Å². The Morgan fingerprint density at radius 1 is 0.411 bits per heavy atom. The Morgan fingerprint density at radius 3 is 1.66 bits per heavy atom. The molecule has 1 heterocycles. The lowest BCUT2D eigenvalue weighted by Crippen LogP contribution is -2.34. The second-order valence-corrected chi connectivity index (χ2v) is 16.0. The molecule has 0 bridgehead atoms. The van der Waals surface area contributed by atoms with E-state index in [-0.39, 0.29) is 5.41 Å². The fourth-order valence-corrected chi connectivity index (χ4v) is 11.3. The number of furan rings is 1. The van der Waals surface area contributed by atoms with Crippen molar-refractivity contribution in [3.63, 3.8) is 0 Å². The summed E-state index contributed by atoms with van der Waals surface area (Å²) in [5, 5.41) is 4.81. The second-order valence-electron chi connectivity index (χ2n) is 16.0. The number of hydrogen-bond acceptors (Lipinski definition) is 3. The molecular weight excluding hydrogens is 681 g/mol. The first-order valence-electron chi connectivity index (χ1n) is 20.1. The summed E-state index contributed by atoms with van der Waals surface area (Å²) in [5.74, 6) is 1.04. The minimum Gasteiger partial charge on any atom is -0.456 e. The number of rotatable bonds is 6. The maximum atomic E-state index is 6.52. The molecule has 3 unspecified atom stereocenters. The van der Waals surface area contributed by atoms with Crippen LogP contribution in [0.4, 0.5) is 34.1 Å². The van der Waals surface area contributed by atoms with Crippen LogP contribution >= 0.6 is 0 Å². The molecule has 0 N–H and O–H groups in total. The highest BCUT2D eigenvalue weighted by Gasteiger charge is 2.62. The summed E-state index contributed by atoms with van der Waals surface area (Å²) >= 11 is 0. The lowest BCUT2D eigenvalue weighted by molar-refractivity contribution is 0.350. The fourth-order valence-electron chi connectivity index (χ4n) is 11.3. The first kappa shape index (κ1) is 31.7. The number of para-hydroxylation sites is 3. The van der Waals surface area contributed by atoms with E-state index >= 15 is 0 Å². The molecule has 56 heavy (non-hydrogen) atoms. The van der Waals surface area contributed by atoms with Crippen LogP contribution in [0.3, 0.4) is 0 Å². The van der Waals surface area contributed by atoms with Crippen LogP contribution in [0.5, 0.6) is 0 Å². The zero-order valence-corrected chi connectivity index (χ0v) is 31.1. The van der Waals surface area contributed by atoms with Crippen molar-refractivity contribution in [2.24, 2.45) is 11.8 Å². The standard InChI is InChI=1S/C53H40N2O/c1-3-18-40(19-4-1)54(42-30-31-45-44-23-9-10-27-49(44)56-50(45)34-42)47-25-12-16-36-32-38-28-29-39-33-37-17-13-26-48(52(37)53(38,39)51(36)47)55(41-20-5-2-6-21-41)46-24-11-15-35-14-7-8-22-43(35)46/h1-27,30-31,34,38-39H,28-29,32-33H2. The molecular formula is C53H40N2O. The van der Waals surface area contributed by atoms with Gasteiger partial charge in [-0.05, 0) is 126 Å². The van der Waals surface area contributed by atoms with E-state index in [1.54, 1.807) is 0 Å². The van der Waals surface area contributed by atoms with Gasteiger partial charge in [0.05, 0.1) is 17.1 Å². The van der Waals surface area contributed by atoms with Crippen molar-refractivity contribution >= 4 is 66.8 Å². The van der Waals surface area contributed by atoms with Gasteiger partial charge in [0, 0.05) is 44.7 Å². The molecule has 3 aliphatic rings. The van der Waals surface area contributed by atoms with Crippen molar-refractivity contribution in [3.05, 3.63) is 204 Å². The van der Waals surface area contributed by atoms with Gasteiger partial charge in [-0.15, -0.1) is 0 Å². The topological polar surface area (TPSA) is 19.6 Å². The monoisotopic (exact) mass is 720 g/mol. The maximum Gasteiger partial charge on any atom is 0.137 e. The molecule has 1 aromatic heterocycles. The molecule has 0 amide bonds. The van der Waals surface area contributed by atoms with Gasteiger partial charge in [0.25, 0.3) is 0 Å². The Hall–Kier alpha value is -6.58. The normalized spacial score (nSPS) is 19.2. The highest BCUT2D eigenvalue weighted by Crippen LogP contribution is 2.69. The van der Waals surface area contributed by atoms with Crippen molar-refractivity contribution in [1.29, 1.82) is 0 Å². The lowest BCUT2D eigenvalue weighted by Gasteiger charge is -2.40. The van der Waals surface area contributed by atoms with Crippen LogP contribution < -0.4 is 9.80 Å². The Balaban J connectivity index is 1.12. The average molecular weight is 721 g/mol. The van der Waals surface area contributed by atoms with Crippen molar-refractivity contribution in [2.45, 2.75) is 31.1 Å². The number of hydrogen-bond donors (Lipinski definition) is 0. The highest BCUT2D eigenvalue weighted by atomic mass is 16.3. The predicted molar refractivity (Wildman–Crippen MR) is 231 cm³/mol. The molecule has 268 valence electrons. The minimum absolute atomic E-state index is 0.133. The van der Waals surface area contributed by atoms with Crippen LogP contribution in [-0.4, -0.2) is 0 Å². The smallest absolute Gasteiger partial charge is 0.137 e. The van der Waals surface area contributed by atoms with Crippen LogP contribution in [0.15, 0.2) is 186 Å². The molecule has 3 aliphatic carbocycles. The Labute approximate surface area is 327 Å². The van der Waals surface area contributed by atoms with E-state index in [1.807, 2.05) is 0 Å². The molecule has 12 rings (SSSR count). The van der Waals surface area contributed by atoms with Crippen molar-refractivity contribution in [2.75, 3.05) is 9.80 Å². The zero-order chi connectivity index (χ0) is 36.8. The van der Waals surface area contributed by atoms with E-state index in [2.05, 4.69) is 192 Å². The number of fused-ring (bicyclic) bond motifs is 6. The van der Waals surface area contributed by atoms with E-state index in [0.29, 0.717) is 11.8 Å². The van der Waals surface area contributed by atoms with Gasteiger partial charge in [-0.2, -0.15) is 0 Å². The van der Waals surface area contributed by atoms with Gasteiger partial charge in [0.15, 0.2) is 0 Å². The largest absolute Gasteiger partial charge is 0.456 e. The molecule has 1 fully saturated rings. The quantitative estimate of drug-likeness (QED) is 0.170. The van der Waals surface area contributed by atoms with Gasteiger partial charge in [-0.1, -0.05) is 115 Å². The molecule has 3 heteroatoms. The first-order chi connectivity index (χ1) is 27.8. The van der Waals surface area contributed by atoms with Gasteiger partial charge in [0.1, 0.15) is 11.2 Å². The lowest BCUT2D eigenvalue weighted by atomic mass is 9.68. The van der Waals surface area contributed by atoms with E-state index in [1.165, 1.54) is 68.6 Å². The van der Waals surface area contributed by atoms with E-state index in [0.717, 1.165) is 46.2 Å². The van der Waals surface area contributed by atoms with Gasteiger partial charge < -0.3 is 14.2 Å². The molecule has 1 spiro atoms. The van der Waals surface area contributed by atoms with E-state index < -0.39 is 0 Å². The molecule has 3 atom stereocenters. The van der Waals surface area contributed by atoms with Crippen LogP contribution in [0.1, 0.15) is 35.1 Å². The van der Waals surface area contributed by atoms with Crippen molar-refractivity contribution in [3.8, 4) is 0 Å². The molecule has 3 nitrogen and oxygen atoms in total. The molecule has 9 aromatic rings. The summed E-state index contributed by atoms with van der Waals surface area (Å²) in [4.78, 5) is 5.08. The number of benzene rings is 8. The van der Waals surface area contributed by atoms with Gasteiger partial charge in [-0.25, -0.2) is 0 Å². The van der Waals surface area contributed by atoms with Gasteiger partial charge in [0.2, 0.25) is 0 Å². The summed E-state index contributed by atoms with van der Waals surface area (Å²) in [6.45, 7) is 0. The SMILES string of the molecule is c1ccc(N(c2ccc3c(c2)oc2ccccc23)c2cccc3c2C24c5c(cccc5N(c5ccccc5)c5cccc6ccccc56)CC2CCC4C3)cc1. The molecule has 0 saturated heterocycles. The minimum atomic E-state index is -0.133. The predicted octanol–water partition coefficient (Wildman–Crippen LogP) is 14.1. The summed E-state index contributed by atoms with van der Waals surface area (Å²) in [6, 6.07) is 67.0. The van der Waals surface area contributed by atoms with Crippen molar-refractivity contribution in [1.82, 2.24) is 0 Å². The summed E-state index contributed by atoms with van der Waals surface area (Å²) < 4.78 is 6.52. The van der Waals surface area contributed by atoms with Crippen molar-refractivity contribution < 1.29 is 4.42 Å². The maximum absolute atomic E-state index is 6.52. The molecule has 0 radical (unpaired) electrons. The Kier molecular flexibility index (Phi) is 6.92. The van der Waals surface area contributed by atoms with Crippen LogP contribution in [0, 0.1) is 11.8 Å². The summed E-state index contributed by atoms with van der Waals surface area (Å²) in [5.41, 5.74) is 15.0. The van der Waals surface area contributed by atoms with Gasteiger partial charge in [-0.3, -0.25) is 0 Å². The Bertz CT molecular complexity index is 2950. The number of nitrogens with zero attached hydrogens (tertiary/aromatic N) is 2. The third-order valence-electron chi connectivity index (χ3n) is 13.3. The summed E-state index contributed by atoms with van der Waals surface area (Å²) in [6.07, 6.45) is 4.67. The highest BCUT2D eigenvalue weighted by molar-refractivity contribution is 6.06. The Morgan fingerprint density at radius 2 is 0.946 bits per heavy atom. The molecule has 0 aliphatic heterocycles. The van der Waals surface area contributed by atoms with Crippen LogP contribution in [0.2, 0.25) is 0 Å². The number of anilines is 6. The fraction of sp³-hybridized carbons (Fsp3) is 0.132. The molecule has 1 saturated carbocycles. The first-order valence-corrected chi connectivity index (χ1v) is 20.1. The third-order valence-corrected chi connectivity index (χ3v) is 13.3.